The second kappa shape index (κ2) is 5.13. The van der Waals surface area contributed by atoms with Crippen LogP contribution in [0.2, 0.25) is 0 Å². The molecule has 0 aliphatic carbocycles. The predicted octanol–water partition coefficient (Wildman–Crippen LogP) is 0.676. The minimum Gasteiger partial charge on any atom is -0.368 e. The Labute approximate surface area is 93.5 Å². The summed E-state index contributed by atoms with van der Waals surface area (Å²) in [6.45, 7) is 1.64. The molecule has 0 spiro atoms. The van der Waals surface area contributed by atoms with Crippen LogP contribution in [0.1, 0.15) is 0 Å². The van der Waals surface area contributed by atoms with Gasteiger partial charge in [-0.15, -0.1) is 0 Å². The highest BCUT2D eigenvalue weighted by Crippen LogP contribution is 2.07. The zero-order valence-electron chi connectivity index (χ0n) is 8.80. The number of pyridine rings is 1. The number of aromatic nitrogens is 3. The highest BCUT2D eigenvalue weighted by atomic mass is 15.3. The first-order valence-corrected chi connectivity index (χ1v) is 5.02. The molecule has 0 aliphatic rings. The first-order chi connectivity index (χ1) is 7.88. The van der Waals surface area contributed by atoms with Crippen LogP contribution in [-0.4, -0.2) is 21.1 Å². The van der Waals surface area contributed by atoms with Gasteiger partial charge in [-0.25, -0.2) is 15.8 Å². The Kier molecular flexibility index (Phi) is 3.35. The quantitative estimate of drug-likeness (QED) is 0.508. The number of hydrogen-bond acceptors (Lipinski definition) is 5. The van der Waals surface area contributed by atoms with Gasteiger partial charge in [0.15, 0.2) is 0 Å². The summed E-state index contributed by atoms with van der Waals surface area (Å²) in [6, 6.07) is 5.59. The van der Waals surface area contributed by atoms with E-state index >= 15 is 0 Å². The molecule has 0 amide bonds. The Hall–Kier alpha value is -2.08. The zero-order valence-corrected chi connectivity index (χ0v) is 8.80. The standard InChI is InChI=1S/C10H14N6/c11-15-10-3-1-2-9(14-10)13-5-7-16-6-4-12-8-16/h1-4,6,8H,5,7,11H2,(H2,13,14,15). The van der Waals surface area contributed by atoms with Gasteiger partial charge in [-0.3, -0.25) is 0 Å². The van der Waals surface area contributed by atoms with Gasteiger partial charge >= 0.3 is 0 Å². The minimum atomic E-state index is 0.646. The number of imidazole rings is 1. The van der Waals surface area contributed by atoms with Crippen molar-refractivity contribution in [1.29, 1.82) is 0 Å². The molecule has 16 heavy (non-hydrogen) atoms. The van der Waals surface area contributed by atoms with Gasteiger partial charge in [0, 0.05) is 25.5 Å². The summed E-state index contributed by atoms with van der Waals surface area (Å²) in [7, 11) is 0. The lowest BCUT2D eigenvalue weighted by atomic mass is 10.4. The van der Waals surface area contributed by atoms with E-state index in [1.165, 1.54) is 0 Å². The largest absolute Gasteiger partial charge is 0.368 e. The van der Waals surface area contributed by atoms with Gasteiger partial charge in [0.05, 0.1) is 6.33 Å². The van der Waals surface area contributed by atoms with E-state index in [1.807, 2.05) is 22.9 Å². The first-order valence-electron chi connectivity index (χ1n) is 5.02. The number of hydrazine groups is 1. The van der Waals surface area contributed by atoms with Gasteiger partial charge < -0.3 is 15.3 Å². The van der Waals surface area contributed by atoms with E-state index in [0.717, 1.165) is 18.9 Å². The van der Waals surface area contributed by atoms with Crippen molar-refractivity contribution in [2.75, 3.05) is 17.3 Å². The fraction of sp³-hybridized carbons (Fsp3) is 0.200. The summed E-state index contributed by atoms with van der Waals surface area (Å²) in [5.41, 5.74) is 2.51. The number of nitrogens with zero attached hydrogens (tertiary/aromatic N) is 3. The molecular weight excluding hydrogens is 204 g/mol. The maximum Gasteiger partial charge on any atom is 0.142 e. The van der Waals surface area contributed by atoms with Gasteiger partial charge in [0.25, 0.3) is 0 Å². The highest BCUT2D eigenvalue weighted by Gasteiger charge is 1.95. The third-order valence-electron chi connectivity index (χ3n) is 2.13. The van der Waals surface area contributed by atoms with Crippen LogP contribution in [0.4, 0.5) is 11.6 Å². The molecule has 0 saturated carbocycles. The van der Waals surface area contributed by atoms with Crippen LogP contribution in [0, 0.1) is 0 Å². The summed E-state index contributed by atoms with van der Waals surface area (Å²) in [5, 5.41) is 3.20. The molecule has 0 radical (unpaired) electrons. The van der Waals surface area contributed by atoms with Crippen LogP contribution in [0.25, 0.3) is 0 Å². The average Bonchev–Trinajstić information content (AvgIpc) is 2.82. The van der Waals surface area contributed by atoms with Crippen molar-refractivity contribution in [3.8, 4) is 0 Å². The summed E-state index contributed by atoms with van der Waals surface area (Å²) in [4.78, 5) is 8.21. The Morgan fingerprint density at radius 1 is 1.31 bits per heavy atom. The van der Waals surface area contributed by atoms with Crippen molar-refractivity contribution >= 4 is 11.6 Å². The number of nitrogens with two attached hydrogens (primary N) is 1. The van der Waals surface area contributed by atoms with Crippen molar-refractivity contribution < 1.29 is 0 Å². The molecular formula is C10H14N6. The summed E-state index contributed by atoms with van der Waals surface area (Å²) in [5.74, 6) is 6.72. The molecule has 2 aromatic heterocycles. The van der Waals surface area contributed by atoms with Gasteiger partial charge in [0.1, 0.15) is 11.6 Å². The second-order valence-electron chi connectivity index (χ2n) is 3.28. The monoisotopic (exact) mass is 218 g/mol. The maximum atomic E-state index is 5.27. The van der Waals surface area contributed by atoms with Crippen LogP contribution in [0.3, 0.4) is 0 Å². The van der Waals surface area contributed by atoms with Crippen molar-refractivity contribution in [3.63, 3.8) is 0 Å². The lowest BCUT2D eigenvalue weighted by Gasteiger charge is -2.07. The van der Waals surface area contributed by atoms with E-state index in [9.17, 15) is 0 Å². The van der Waals surface area contributed by atoms with Crippen molar-refractivity contribution in [2.45, 2.75) is 6.54 Å². The summed E-state index contributed by atoms with van der Waals surface area (Å²) in [6.07, 6.45) is 5.47. The molecule has 4 N–H and O–H groups in total. The van der Waals surface area contributed by atoms with E-state index in [2.05, 4.69) is 20.7 Å². The predicted molar refractivity (Wildman–Crippen MR) is 62.8 cm³/mol. The Morgan fingerprint density at radius 3 is 2.94 bits per heavy atom. The van der Waals surface area contributed by atoms with Crippen LogP contribution in [-0.2, 0) is 6.54 Å². The first kappa shape index (κ1) is 10.4. The SMILES string of the molecule is NNc1cccc(NCCn2ccnc2)n1. The molecule has 0 aliphatic heterocycles. The van der Waals surface area contributed by atoms with Crippen LogP contribution in [0.15, 0.2) is 36.9 Å². The minimum absolute atomic E-state index is 0.646. The lowest BCUT2D eigenvalue weighted by Crippen LogP contribution is -2.12. The topological polar surface area (TPSA) is 80.8 Å². The molecule has 2 aromatic rings. The molecule has 2 rings (SSSR count). The van der Waals surface area contributed by atoms with Crippen LogP contribution >= 0.6 is 0 Å². The molecule has 0 atom stereocenters. The van der Waals surface area contributed by atoms with Crippen LogP contribution in [0.5, 0.6) is 0 Å². The third kappa shape index (κ3) is 2.71. The Bertz CT molecular complexity index is 425. The van der Waals surface area contributed by atoms with Crippen molar-refractivity contribution in [1.82, 2.24) is 14.5 Å². The van der Waals surface area contributed by atoms with E-state index in [-0.39, 0.29) is 0 Å². The number of nitrogen functional groups attached to an aromatic ring is 1. The van der Waals surface area contributed by atoms with Gasteiger partial charge in [-0.1, -0.05) is 6.07 Å². The van der Waals surface area contributed by atoms with E-state index in [1.54, 1.807) is 18.6 Å². The highest BCUT2D eigenvalue weighted by molar-refractivity contribution is 5.44. The molecule has 2 heterocycles. The molecule has 6 heteroatoms. The van der Waals surface area contributed by atoms with Crippen molar-refractivity contribution in [2.24, 2.45) is 5.84 Å². The number of nitrogens with one attached hydrogen (secondary N) is 2. The number of anilines is 2. The number of hydrogen-bond donors (Lipinski definition) is 3. The third-order valence-corrected chi connectivity index (χ3v) is 2.13. The summed E-state index contributed by atoms with van der Waals surface area (Å²) >= 11 is 0. The maximum absolute atomic E-state index is 5.27. The smallest absolute Gasteiger partial charge is 0.142 e. The van der Waals surface area contributed by atoms with Gasteiger partial charge in [-0.2, -0.15) is 0 Å². The van der Waals surface area contributed by atoms with Crippen LogP contribution < -0.4 is 16.6 Å². The van der Waals surface area contributed by atoms with E-state index in [0.29, 0.717) is 5.82 Å². The molecule has 0 saturated heterocycles. The Balaban J connectivity index is 1.85. The molecule has 6 nitrogen and oxygen atoms in total. The zero-order chi connectivity index (χ0) is 11.2. The molecule has 0 unspecified atom stereocenters. The summed E-state index contributed by atoms with van der Waals surface area (Å²) < 4.78 is 2.00. The lowest BCUT2D eigenvalue weighted by molar-refractivity contribution is 0.725. The molecule has 0 fully saturated rings. The fourth-order valence-corrected chi connectivity index (χ4v) is 1.35. The normalized spacial score (nSPS) is 10.1. The van der Waals surface area contributed by atoms with Crippen molar-refractivity contribution in [3.05, 3.63) is 36.9 Å². The molecule has 0 bridgehead atoms. The van der Waals surface area contributed by atoms with E-state index in [4.69, 9.17) is 5.84 Å². The van der Waals surface area contributed by atoms with E-state index < -0.39 is 0 Å². The Morgan fingerprint density at radius 2 is 2.19 bits per heavy atom. The number of rotatable bonds is 5. The fourth-order valence-electron chi connectivity index (χ4n) is 1.35. The second-order valence-corrected chi connectivity index (χ2v) is 3.28. The van der Waals surface area contributed by atoms with Gasteiger partial charge in [-0.05, 0) is 12.1 Å². The van der Waals surface area contributed by atoms with Gasteiger partial charge in [0.2, 0.25) is 0 Å². The molecule has 0 aromatic carbocycles. The molecule has 84 valence electrons. The average molecular weight is 218 g/mol.